The Morgan fingerprint density at radius 2 is 2.56 bits per heavy atom. The van der Waals surface area contributed by atoms with Gasteiger partial charge in [-0.15, -0.1) is 5.12 Å². The molecule has 0 aromatic carbocycles. The summed E-state index contributed by atoms with van der Waals surface area (Å²) in [6.07, 6.45) is 0.539. The molecule has 0 aromatic rings. The average molecular weight is 129 g/mol. The number of hydrogen-bond donors (Lipinski definition) is 4. The summed E-state index contributed by atoms with van der Waals surface area (Å²) in [5.74, 6) is 0.0292. The van der Waals surface area contributed by atoms with Gasteiger partial charge in [-0.3, -0.25) is 10.2 Å². The Morgan fingerprint density at radius 3 is 3.33 bits per heavy atom. The smallest absolute Gasteiger partial charge is 0.238 e. The first-order valence-electron chi connectivity index (χ1n) is 2.71. The SMILES string of the molecule is O=C1CC2NNNN2N1. The van der Waals surface area contributed by atoms with E-state index in [0.29, 0.717) is 6.42 Å². The molecule has 2 aliphatic rings. The minimum Gasteiger partial charge on any atom is -0.274 e. The molecule has 9 heavy (non-hydrogen) atoms. The second-order valence-electron chi connectivity index (χ2n) is 2.01. The maximum atomic E-state index is 10.6. The van der Waals surface area contributed by atoms with Crippen LogP contribution >= 0.6 is 0 Å². The molecule has 0 aliphatic carbocycles. The number of hydrazine groups is 4. The van der Waals surface area contributed by atoms with Gasteiger partial charge in [0.25, 0.3) is 0 Å². The molecule has 1 unspecified atom stereocenters. The highest BCUT2D eigenvalue weighted by molar-refractivity contribution is 5.77. The molecule has 50 valence electrons. The van der Waals surface area contributed by atoms with Crippen molar-refractivity contribution in [1.82, 2.24) is 27.0 Å². The molecule has 2 aliphatic heterocycles. The van der Waals surface area contributed by atoms with Crippen LogP contribution in [0.2, 0.25) is 0 Å². The summed E-state index contributed by atoms with van der Waals surface area (Å²) in [4.78, 5) is 10.6. The molecule has 2 fully saturated rings. The van der Waals surface area contributed by atoms with Gasteiger partial charge >= 0.3 is 0 Å². The first kappa shape index (κ1) is 5.12. The highest BCUT2D eigenvalue weighted by atomic mass is 16.2. The number of nitrogens with zero attached hydrogens (tertiary/aromatic N) is 1. The molecule has 1 amide bonds. The predicted octanol–water partition coefficient (Wildman–Crippen LogP) is -2.42. The van der Waals surface area contributed by atoms with Gasteiger partial charge < -0.3 is 0 Å². The summed E-state index contributed by atoms with van der Waals surface area (Å²) in [6.45, 7) is 0. The third kappa shape index (κ3) is 0.688. The Balaban J connectivity index is 2.09. The van der Waals surface area contributed by atoms with Gasteiger partial charge in [0.2, 0.25) is 5.91 Å². The molecule has 6 nitrogen and oxygen atoms in total. The lowest BCUT2D eigenvalue weighted by atomic mass is 10.4. The van der Waals surface area contributed by atoms with Crippen LogP contribution in [-0.4, -0.2) is 17.2 Å². The number of carbonyl (C=O) groups is 1. The highest BCUT2D eigenvalue weighted by Crippen LogP contribution is 2.04. The lowest BCUT2D eigenvalue weighted by Gasteiger charge is -2.08. The van der Waals surface area contributed by atoms with Gasteiger partial charge in [0, 0.05) is 0 Å². The predicted molar refractivity (Wildman–Crippen MR) is 27.8 cm³/mol. The fraction of sp³-hybridized carbons (Fsp3) is 0.667. The van der Waals surface area contributed by atoms with E-state index in [1.54, 1.807) is 5.12 Å². The number of hydrogen-bond acceptors (Lipinski definition) is 5. The molecule has 6 heteroatoms. The summed E-state index contributed by atoms with van der Waals surface area (Å²) in [5, 5.41) is 1.59. The first-order valence-corrected chi connectivity index (χ1v) is 2.71. The van der Waals surface area contributed by atoms with Crippen molar-refractivity contribution >= 4 is 5.91 Å². The number of amides is 1. The van der Waals surface area contributed by atoms with E-state index in [2.05, 4.69) is 21.9 Å². The molecule has 4 N–H and O–H groups in total. The third-order valence-electron chi connectivity index (χ3n) is 1.35. The molecule has 2 saturated heterocycles. The van der Waals surface area contributed by atoms with Crippen molar-refractivity contribution in [1.29, 1.82) is 0 Å². The fourth-order valence-corrected chi connectivity index (χ4v) is 0.922. The van der Waals surface area contributed by atoms with Crippen LogP contribution in [0.15, 0.2) is 0 Å². The highest BCUT2D eigenvalue weighted by Gasteiger charge is 2.33. The Hall–Kier alpha value is -0.690. The van der Waals surface area contributed by atoms with Crippen molar-refractivity contribution in [2.24, 2.45) is 0 Å². The van der Waals surface area contributed by atoms with E-state index in [1.165, 1.54) is 0 Å². The Bertz CT molecular complexity index is 133. The quantitative estimate of drug-likeness (QED) is 0.293. The van der Waals surface area contributed by atoms with Crippen LogP contribution in [0, 0.1) is 0 Å². The van der Waals surface area contributed by atoms with Crippen molar-refractivity contribution in [3.8, 4) is 0 Å². The van der Waals surface area contributed by atoms with Gasteiger partial charge in [-0.05, 0) is 0 Å². The van der Waals surface area contributed by atoms with Crippen LogP contribution in [0.3, 0.4) is 0 Å². The molecule has 0 saturated carbocycles. The number of nitrogens with one attached hydrogen (secondary N) is 4. The van der Waals surface area contributed by atoms with Crippen molar-refractivity contribution < 1.29 is 4.79 Å². The number of carbonyl (C=O) groups excluding carboxylic acids is 1. The molecule has 0 radical (unpaired) electrons. The van der Waals surface area contributed by atoms with Gasteiger partial charge in [-0.2, -0.15) is 11.1 Å². The van der Waals surface area contributed by atoms with Gasteiger partial charge in [-0.1, -0.05) is 0 Å². The van der Waals surface area contributed by atoms with Crippen LogP contribution < -0.4 is 21.9 Å². The lowest BCUT2D eigenvalue weighted by Crippen LogP contribution is -2.45. The van der Waals surface area contributed by atoms with Crippen LogP contribution in [-0.2, 0) is 4.79 Å². The average Bonchev–Trinajstić information content (AvgIpc) is 2.22. The van der Waals surface area contributed by atoms with E-state index in [1.807, 2.05) is 0 Å². The molecule has 0 aromatic heterocycles. The summed E-state index contributed by atoms with van der Waals surface area (Å²) in [7, 11) is 0. The maximum absolute atomic E-state index is 10.6. The van der Waals surface area contributed by atoms with E-state index < -0.39 is 0 Å². The van der Waals surface area contributed by atoms with E-state index in [4.69, 9.17) is 0 Å². The van der Waals surface area contributed by atoms with Gasteiger partial charge in [0.05, 0.1) is 6.42 Å². The molecule has 0 spiro atoms. The molecule has 1 atom stereocenters. The zero-order chi connectivity index (χ0) is 6.27. The summed E-state index contributed by atoms with van der Waals surface area (Å²) >= 11 is 0. The fourth-order valence-electron chi connectivity index (χ4n) is 0.922. The topological polar surface area (TPSA) is 68.4 Å². The zero-order valence-electron chi connectivity index (χ0n) is 4.64. The van der Waals surface area contributed by atoms with Crippen LogP contribution in [0.25, 0.3) is 0 Å². The lowest BCUT2D eigenvalue weighted by molar-refractivity contribution is -0.121. The number of fused-ring (bicyclic) bond motifs is 1. The minimum absolute atomic E-state index is 0.0292. The van der Waals surface area contributed by atoms with Crippen LogP contribution in [0.1, 0.15) is 6.42 Å². The monoisotopic (exact) mass is 129 g/mol. The summed E-state index contributed by atoms with van der Waals surface area (Å²) < 4.78 is 0. The van der Waals surface area contributed by atoms with E-state index in [0.717, 1.165) is 0 Å². The Labute approximate surface area is 51.5 Å². The second-order valence-corrected chi connectivity index (χ2v) is 2.01. The van der Waals surface area contributed by atoms with E-state index in [-0.39, 0.29) is 12.1 Å². The van der Waals surface area contributed by atoms with Crippen molar-refractivity contribution in [2.75, 3.05) is 0 Å². The molecule has 2 rings (SSSR count). The standard InChI is InChI=1S/C3H7N5O/c9-3-1-2-4-6-7-8(2)5-3/h2,4,6-7H,1H2,(H,5,9). The second kappa shape index (κ2) is 1.64. The molecular weight excluding hydrogens is 122 g/mol. The zero-order valence-corrected chi connectivity index (χ0v) is 4.64. The van der Waals surface area contributed by atoms with Gasteiger partial charge in [-0.25, -0.2) is 5.43 Å². The molecule has 0 bridgehead atoms. The van der Waals surface area contributed by atoms with E-state index in [9.17, 15) is 4.79 Å². The molecule has 2 heterocycles. The van der Waals surface area contributed by atoms with Crippen molar-refractivity contribution in [3.63, 3.8) is 0 Å². The Morgan fingerprint density at radius 1 is 1.67 bits per heavy atom. The third-order valence-corrected chi connectivity index (χ3v) is 1.35. The van der Waals surface area contributed by atoms with E-state index >= 15 is 0 Å². The minimum atomic E-state index is 0.0292. The van der Waals surface area contributed by atoms with Crippen molar-refractivity contribution in [3.05, 3.63) is 0 Å². The molecular formula is C3H7N5O. The van der Waals surface area contributed by atoms with Crippen LogP contribution in [0.5, 0.6) is 0 Å². The Kier molecular flexibility index (Phi) is 0.935. The largest absolute Gasteiger partial charge is 0.274 e. The van der Waals surface area contributed by atoms with Gasteiger partial charge in [0.15, 0.2) is 0 Å². The first-order chi connectivity index (χ1) is 4.36. The van der Waals surface area contributed by atoms with Gasteiger partial charge in [0.1, 0.15) is 6.17 Å². The normalized spacial score (nSPS) is 34.7. The summed E-state index contributed by atoms with van der Waals surface area (Å²) in [6, 6.07) is 0. The van der Waals surface area contributed by atoms with Crippen molar-refractivity contribution in [2.45, 2.75) is 12.6 Å². The summed E-state index contributed by atoms with van der Waals surface area (Å²) in [5.41, 5.74) is 10.7. The maximum Gasteiger partial charge on any atom is 0.238 e. The van der Waals surface area contributed by atoms with Crippen LogP contribution in [0.4, 0.5) is 0 Å². The number of rotatable bonds is 0.